The summed E-state index contributed by atoms with van der Waals surface area (Å²) in [4.78, 5) is 14.6. The number of halogens is 1. The molecular formula is C16H14ClN3O2. The second kappa shape index (κ2) is 4.88. The van der Waals surface area contributed by atoms with Crippen LogP contribution in [0.3, 0.4) is 0 Å². The second-order valence-corrected chi connectivity index (χ2v) is 6.04. The third kappa shape index (κ3) is 2.09. The number of carbonyl (C=O) groups is 1. The molecule has 1 atom stereocenters. The number of nitrogens with zero attached hydrogens (tertiary/aromatic N) is 3. The third-order valence-corrected chi connectivity index (χ3v) is 4.32. The number of aromatic nitrogens is 2. The number of fused-ring (bicyclic) bond motifs is 2. The van der Waals surface area contributed by atoms with E-state index in [-0.39, 0.29) is 11.9 Å². The van der Waals surface area contributed by atoms with Gasteiger partial charge in [0.05, 0.1) is 16.8 Å². The van der Waals surface area contributed by atoms with Crippen LogP contribution in [0, 0.1) is 0 Å². The molecule has 0 radical (unpaired) electrons. The molecule has 0 bridgehead atoms. The van der Waals surface area contributed by atoms with Gasteiger partial charge in [0.2, 0.25) is 0 Å². The van der Waals surface area contributed by atoms with E-state index in [1.54, 1.807) is 29.1 Å². The molecule has 22 heavy (non-hydrogen) atoms. The van der Waals surface area contributed by atoms with Crippen LogP contribution in [-0.2, 0) is 13.0 Å². The molecule has 0 aliphatic carbocycles. The van der Waals surface area contributed by atoms with Gasteiger partial charge in [0, 0.05) is 30.8 Å². The average molecular weight is 316 g/mol. The summed E-state index contributed by atoms with van der Waals surface area (Å²) in [6, 6.07) is 7.43. The van der Waals surface area contributed by atoms with Crippen molar-refractivity contribution < 1.29 is 9.21 Å². The van der Waals surface area contributed by atoms with Gasteiger partial charge in [-0.05, 0) is 31.2 Å². The van der Waals surface area contributed by atoms with E-state index < -0.39 is 0 Å². The Morgan fingerprint density at radius 1 is 1.41 bits per heavy atom. The van der Waals surface area contributed by atoms with Crippen molar-refractivity contribution in [2.45, 2.75) is 25.9 Å². The lowest BCUT2D eigenvalue weighted by atomic mass is 10.0. The van der Waals surface area contributed by atoms with Crippen molar-refractivity contribution in [3.63, 3.8) is 0 Å². The first kappa shape index (κ1) is 13.4. The molecule has 0 aromatic carbocycles. The maximum Gasteiger partial charge on any atom is 0.274 e. The summed E-state index contributed by atoms with van der Waals surface area (Å²) < 4.78 is 7.08. The van der Waals surface area contributed by atoms with E-state index in [2.05, 4.69) is 5.10 Å². The number of hydrogen-bond donors (Lipinski definition) is 0. The number of carbonyl (C=O) groups excluding carboxylic acids is 1. The van der Waals surface area contributed by atoms with Gasteiger partial charge < -0.3 is 9.32 Å². The number of hydrogen-bond acceptors (Lipinski definition) is 3. The lowest BCUT2D eigenvalue weighted by Crippen LogP contribution is -2.42. The van der Waals surface area contributed by atoms with Gasteiger partial charge in [-0.3, -0.25) is 4.79 Å². The highest BCUT2D eigenvalue weighted by Crippen LogP contribution is 2.25. The van der Waals surface area contributed by atoms with Crippen molar-refractivity contribution in [3.05, 3.63) is 58.8 Å². The first-order valence-corrected chi connectivity index (χ1v) is 7.51. The number of pyridine rings is 1. The summed E-state index contributed by atoms with van der Waals surface area (Å²) >= 11 is 5.96. The molecule has 112 valence electrons. The quantitative estimate of drug-likeness (QED) is 0.693. The summed E-state index contributed by atoms with van der Waals surface area (Å²) in [5, 5.41) is 4.93. The van der Waals surface area contributed by atoms with Crippen LogP contribution in [0.2, 0.25) is 5.02 Å². The fraction of sp³-hybridized carbons (Fsp3) is 0.250. The molecule has 0 N–H and O–H groups in total. The van der Waals surface area contributed by atoms with Crippen molar-refractivity contribution in [1.29, 1.82) is 0 Å². The predicted octanol–water partition coefficient (Wildman–Crippen LogP) is 3.17. The maximum atomic E-state index is 12.8. The van der Waals surface area contributed by atoms with Gasteiger partial charge in [-0.2, -0.15) is 5.10 Å². The minimum absolute atomic E-state index is 0.0702. The summed E-state index contributed by atoms with van der Waals surface area (Å²) in [6.45, 7) is 2.58. The Hall–Kier alpha value is -2.27. The lowest BCUT2D eigenvalue weighted by molar-refractivity contribution is 0.0643. The van der Waals surface area contributed by atoms with Crippen LogP contribution in [0.15, 0.2) is 41.1 Å². The van der Waals surface area contributed by atoms with E-state index in [1.165, 1.54) is 0 Å². The van der Waals surface area contributed by atoms with Crippen LogP contribution in [0.5, 0.6) is 0 Å². The Morgan fingerprint density at radius 3 is 3.14 bits per heavy atom. The van der Waals surface area contributed by atoms with Crippen LogP contribution in [0.4, 0.5) is 0 Å². The maximum absolute atomic E-state index is 12.8. The average Bonchev–Trinajstić information content (AvgIpc) is 3.10. The molecule has 3 aromatic heterocycles. The molecule has 1 aliphatic rings. The molecule has 0 spiro atoms. The Bertz CT molecular complexity index is 867. The molecule has 1 amide bonds. The summed E-state index contributed by atoms with van der Waals surface area (Å²) in [6.07, 6.45) is 4.10. The van der Waals surface area contributed by atoms with Gasteiger partial charge in [0.25, 0.3) is 5.91 Å². The van der Waals surface area contributed by atoms with Gasteiger partial charge in [0.15, 0.2) is 5.69 Å². The minimum Gasteiger partial charge on any atom is -0.469 e. The van der Waals surface area contributed by atoms with Crippen LogP contribution in [-0.4, -0.2) is 26.5 Å². The Morgan fingerprint density at radius 2 is 2.27 bits per heavy atom. The summed E-state index contributed by atoms with van der Waals surface area (Å²) in [7, 11) is 0. The lowest BCUT2D eigenvalue weighted by Gasteiger charge is -2.32. The first-order chi connectivity index (χ1) is 10.6. The van der Waals surface area contributed by atoms with Gasteiger partial charge in [0.1, 0.15) is 5.76 Å². The van der Waals surface area contributed by atoms with E-state index in [0.717, 1.165) is 23.3 Å². The van der Waals surface area contributed by atoms with E-state index in [9.17, 15) is 4.79 Å². The largest absolute Gasteiger partial charge is 0.469 e. The predicted molar refractivity (Wildman–Crippen MR) is 81.9 cm³/mol. The standard InChI is InChI=1S/C16H14ClN3O2/c1-10-6-15-11(4-5-22-15)8-19(10)16(21)14-7-13-3-2-12(17)9-20(13)18-14/h2-5,7,9-10H,6,8H2,1H3. The van der Waals surface area contributed by atoms with Gasteiger partial charge in [-0.15, -0.1) is 0 Å². The Labute approximate surface area is 132 Å². The molecule has 1 unspecified atom stereocenters. The zero-order valence-corrected chi connectivity index (χ0v) is 12.7. The summed E-state index contributed by atoms with van der Waals surface area (Å²) in [5.41, 5.74) is 2.35. The Kier molecular flexibility index (Phi) is 2.97. The van der Waals surface area contributed by atoms with E-state index in [4.69, 9.17) is 16.0 Å². The normalized spacial score (nSPS) is 17.7. The molecule has 3 aromatic rings. The zero-order valence-electron chi connectivity index (χ0n) is 12.0. The van der Waals surface area contributed by atoms with E-state index in [0.29, 0.717) is 17.3 Å². The van der Waals surface area contributed by atoms with Crippen molar-refractivity contribution in [1.82, 2.24) is 14.5 Å². The van der Waals surface area contributed by atoms with Crippen LogP contribution in [0.1, 0.15) is 28.7 Å². The van der Waals surface area contributed by atoms with Crippen LogP contribution < -0.4 is 0 Å². The van der Waals surface area contributed by atoms with Crippen molar-refractivity contribution >= 4 is 23.0 Å². The highest BCUT2D eigenvalue weighted by atomic mass is 35.5. The van der Waals surface area contributed by atoms with Crippen LogP contribution >= 0.6 is 11.6 Å². The second-order valence-electron chi connectivity index (χ2n) is 5.60. The van der Waals surface area contributed by atoms with E-state index >= 15 is 0 Å². The fourth-order valence-corrected chi connectivity index (χ4v) is 3.05. The monoisotopic (exact) mass is 315 g/mol. The van der Waals surface area contributed by atoms with Gasteiger partial charge in [-0.1, -0.05) is 11.6 Å². The summed E-state index contributed by atoms with van der Waals surface area (Å²) in [5.74, 6) is 0.900. The van der Waals surface area contributed by atoms with Crippen molar-refractivity contribution in [2.24, 2.45) is 0 Å². The molecule has 0 saturated carbocycles. The highest BCUT2D eigenvalue weighted by molar-refractivity contribution is 6.30. The highest BCUT2D eigenvalue weighted by Gasteiger charge is 2.30. The van der Waals surface area contributed by atoms with Gasteiger partial charge in [-0.25, -0.2) is 4.52 Å². The molecule has 4 heterocycles. The third-order valence-electron chi connectivity index (χ3n) is 4.09. The molecule has 4 rings (SSSR count). The van der Waals surface area contributed by atoms with Crippen LogP contribution in [0.25, 0.3) is 5.52 Å². The smallest absolute Gasteiger partial charge is 0.274 e. The van der Waals surface area contributed by atoms with Crippen molar-refractivity contribution in [2.75, 3.05) is 0 Å². The number of amides is 1. The topological polar surface area (TPSA) is 50.8 Å². The minimum atomic E-state index is -0.0702. The molecule has 5 nitrogen and oxygen atoms in total. The van der Waals surface area contributed by atoms with Crippen molar-refractivity contribution in [3.8, 4) is 0 Å². The molecule has 0 saturated heterocycles. The zero-order chi connectivity index (χ0) is 15.3. The Balaban J connectivity index is 1.68. The molecule has 1 aliphatic heterocycles. The first-order valence-electron chi connectivity index (χ1n) is 7.13. The number of rotatable bonds is 1. The van der Waals surface area contributed by atoms with Gasteiger partial charge >= 0.3 is 0 Å². The van der Waals surface area contributed by atoms with E-state index in [1.807, 2.05) is 24.0 Å². The molecule has 0 fully saturated rings. The number of furan rings is 1. The molecular weight excluding hydrogens is 302 g/mol. The SMILES string of the molecule is CC1Cc2occc2CN1C(=O)c1cc2ccc(Cl)cn2n1. The fourth-order valence-electron chi connectivity index (χ4n) is 2.89. The molecule has 6 heteroatoms.